The van der Waals surface area contributed by atoms with Crippen LogP contribution in [0, 0.1) is 11.3 Å². The van der Waals surface area contributed by atoms with E-state index in [1.165, 1.54) is 6.26 Å². The van der Waals surface area contributed by atoms with Crippen LogP contribution in [0.15, 0.2) is 51.5 Å². The van der Waals surface area contributed by atoms with Gasteiger partial charge in [-0.1, -0.05) is 12.1 Å². The lowest BCUT2D eigenvalue weighted by molar-refractivity contribution is 0.0745. The van der Waals surface area contributed by atoms with Gasteiger partial charge in [0.05, 0.1) is 12.9 Å². The Labute approximate surface area is 167 Å². The average molecular weight is 392 g/mol. The lowest BCUT2D eigenvalue weighted by Crippen LogP contribution is -2.48. The Hall–Kier alpha value is -3.57. The normalized spacial score (nSPS) is 14.1. The molecule has 2 aromatic heterocycles. The molecule has 0 radical (unpaired) electrons. The minimum Gasteiger partial charge on any atom is -0.459 e. The van der Waals surface area contributed by atoms with Crippen molar-refractivity contribution in [3.05, 3.63) is 59.5 Å². The molecule has 0 aliphatic carbocycles. The van der Waals surface area contributed by atoms with Gasteiger partial charge in [0.2, 0.25) is 11.6 Å². The van der Waals surface area contributed by atoms with Gasteiger partial charge in [-0.3, -0.25) is 4.79 Å². The Bertz CT molecular complexity index is 1030. The topological polar surface area (TPSA) is 95.7 Å². The highest BCUT2D eigenvalue weighted by atomic mass is 16.5. The number of nitrogens with zero attached hydrogens (tertiary/aromatic N) is 4. The zero-order valence-electron chi connectivity index (χ0n) is 16.0. The fraction of sp³-hybridized carbons (Fsp3) is 0.286. The highest BCUT2D eigenvalue weighted by Crippen LogP contribution is 2.29. The van der Waals surface area contributed by atoms with Gasteiger partial charge in [0.15, 0.2) is 5.76 Å². The summed E-state index contributed by atoms with van der Waals surface area (Å²) in [5, 5.41) is 9.41. The van der Waals surface area contributed by atoms with Crippen molar-refractivity contribution in [2.24, 2.45) is 0 Å². The molecule has 0 atom stereocenters. The van der Waals surface area contributed by atoms with Crippen molar-refractivity contribution in [3.63, 3.8) is 0 Å². The Morgan fingerprint density at radius 3 is 2.76 bits per heavy atom. The van der Waals surface area contributed by atoms with Gasteiger partial charge in [-0.2, -0.15) is 10.2 Å². The molecule has 29 heavy (non-hydrogen) atoms. The van der Waals surface area contributed by atoms with E-state index in [1.54, 1.807) is 24.1 Å². The molecule has 3 aromatic rings. The Morgan fingerprint density at radius 2 is 2.07 bits per heavy atom. The second kappa shape index (κ2) is 8.20. The maximum absolute atomic E-state index is 12.8. The van der Waals surface area contributed by atoms with Gasteiger partial charge in [-0.05, 0) is 29.8 Å². The first-order valence-electron chi connectivity index (χ1n) is 9.26. The van der Waals surface area contributed by atoms with Gasteiger partial charge in [0.1, 0.15) is 6.07 Å². The predicted octanol–water partition coefficient (Wildman–Crippen LogP) is 2.92. The number of anilines is 1. The standard InChI is InChI=1S/C21H20N4O4/c1-27-14-15-4-2-5-16(12-15)20(26)24-7-9-25(10-8-24)21-17(13-22)23-19(29-21)18-6-3-11-28-18/h2-6,11-12H,7-10,14H2,1H3. The van der Waals surface area contributed by atoms with Crippen LogP contribution in [-0.4, -0.2) is 49.1 Å². The molecule has 0 bridgehead atoms. The van der Waals surface area contributed by atoms with Crippen LogP contribution in [0.3, 0.4) is 0 Å². The molecular weight excluding hydrogens is 372 g/mol. The molecule has 1 aromatic carbocycles. The number of oxazole rings is 1. The summed E-state index contributed by atoms with van der Waals surface area (Å²) >= 11 is 0. The summed E-state index contributed by atoms with van der Waals surface area (Å²) in [6.45, 7) is 2.61. The molecule has 1 amide bonds. The average Bonchev–Trinajstić information content (AvgIpc) is 3.43. The van der Waals surface area contributed by atoms with E-state index in [0.717, 1.165) is 5.56 Å². The van der Waals surface area contributed by atoms with Gasteiger partial charge in [-0.25, -0.2) is 0 Å². The minimum absolute atomic E-state index is 0.0167. The summed E-state index contributed by atoms with van der Waals surface area (Å²) in [5.74, 6) is 1.14. The Balaban J connectivity index is 1.45. The summed E-state index contributed by atoms with van der Waals surface area (Å²) in [5.41, 5.74) is 1.82. The molecular formula is C21H20N4O4. The number of nitriles is 1. The number of furan rings is 1. The van der Waals surface area contributed by atoms with Crippen LogP contribution in [-0.2, 0) is 11.3 Å². The lowest BCUT2D eigenvalue weighted by Gasteiger charge is -2.34. The first kappa shape index (κ1) is 18.8. The second-order valence-corrected chi connectivity index (χ2v) is 6.67. The number of carbonyl (C=O) groups excluding carboxylic acids is 1. The molecule has 0 spiro atoms. The summed E-state index contributed by atoms with van der Waals surface area (Å²) in [4.78, 5) is 20.8. The number of ether oxygens (including phenoxy) is 1. The van der Waals surface area contributed by atoms with E-state index in [1.807, 2.05) is 29.2 Å². The van der Waals surface area contributed by atoms with Crippen molar-refractivity contribution in [1.29, 1.82) is 5.26 Å². The number of piperazine rings is 1. The van der Waals surface area contributed by atoms with Crippen LogP contribution < -0.4 is 4.90 Å². The van der Waals surface area contributed by atoms with Crippen molar-refractivity contribution in [1.82, 2.24) is 9.88 Å². The molecule has 8 nitrogen and oxygen atoms in total. The zero-order chi connectivity index (χ0) is 20.2. The third-order valence-electron chi connectivity index (χ3n) is 4.79. The molecule has 1 aliphatic rings. The number of methoxy groups -OCH3 is 1. The molecule has 1 saturated heterocycles. The van der Waals surface area contributed by atoms with Crippen molar-refractivity contribution in [2.45, 2.75) is 6.61 Å². The fourth-order valence-corrected chi connectivity index (χ4v) is 3.36. The molecule has 0 N–H and O–H groups in total. The van der Waals surface area contributed by atoms with Crippen LogP contribution in [0.1, 0.15) is 21.6 Å². The maximum atomic E-state index is 12.8. The largest absolute Gasteiger partial charge is 0.459 e. The number of rotatable bonds is 5. The summed E-state index contributed by atoms with van der Waals surface area (Å²) in [6, 6.07) is 13.0. The van der Waals surface area contributed by atoms with Gasteiger partial charge in [0.25, 0.3) is 11.8 Å². The van der Waals surface area contributed by atoms with Gasteiger partial charge in [0, 0.05) is 38.9 Å². The highest BCUT2D eigenvalue weighted by molar-refractivity contribution is 5.94. The SMILES string of the molecule is COCc1cccc(C(=O)N2CCN(c3oc(-c4ccco4)nc3C#N)CC2)c1. The van der Waals surface area contributed by atoms with Gasteiger partial charge >= 0.3 is 0 Å². The highest BCUT2D eigenvalue weighted by Gasteiger charge is 2.27. The predicted molar refractivity (Wildman–Crippen MR) is 104 cm³/mol. The molecule has 4 rings (SSSR count). The third kappa shape index (κ3) is 3.86. The van der Waals surface area contributed by atoms with Crippen LogP contribution >= 0.6 is 0 Å². The van der Waals surface area contributed by atoms with E-state index < -0.39 is 0 Å². The third-order valence-corrected chi connectivity index (χ3v) is 4.79. The van der Waals surface area contributed by atoms with Crippen LogP contribution in [0.5, 0.6) is 0 Å². The van der Waals surface area contributed by atoms with Crippen molar-refractivity contribution >= 4 is 11.8 Å². The maximum Gasteiger partial charge on any atom is 0.266 e. The second-order valence-electron chi connectivity index (χ2n) is 6.67. The molecule has 0 saturated carbocycles. The van der Waals surface area contributed by atoms with E-state index in [2.05, 4.69) is 11.1 Å². The number of benzene rings is 1. The number of aromatic nitrogens is 1. The monoisotopic (exact) mass is 392 g/mol. The molecule has 3 heterocycles. The molecule has 0 unspecified atom stereocenters. The van der Waals surface area contributed by atoms with E-state index >= 15 is 0 Å². The van der Waals surface area contributed by atoms with Crippen molar-refractivity contribution < 1.29 is 18.4 Å². The van der Waals surface area contributed by atoms with E-state index in [9.17, 15) is 10.1 Å². The number of amides is 1. The quantitative estimate of drug-likeness (QED) is 0.659. The van der Waals surface area contributed by atoms with E-state index in [-0.39, 0.29) is 17.5 Å². The zero-order valence-corrected chi connectivity index (χ0v) is 16.0. The van der Waals surface area contributed by atoms with E-state index in [4.69, 9.17) is 13.6 Å². The summed E-state index contributed by atoms with van der Waals surface area (Å²) in [7, 11) is 1.63. The molecule has 1 fully saturated rings. The van der Waals surface area contributed by atoms with E-state index in [0.29, 0.717) is 50.0 Å². The Kier molecular flexibility index (Phi) is 5.31. The number of carbonyl (C=O) groups is 1. The first-order valence-corrected chi connectivity index (χ1v) is 9.26. The van der Waals surface area contributed by atoms with Crippen LogP contribution in [0.2, 0.25) is 0 Å². The van der Waals surface area contributed by atoms with Crippen LogP contribution in [0.25, 0.3) is 11.7 Å². The van der Waals surface area contributed by atoms with Gasteiger partial charge < -0.3 is 23.4 Å². The summed E-state index contributed by atoms with van der Waals surface area (Å²) in [6.07, 6.45) is 1.53. The summed E-state index contributed by atoms with van der Waals surface area (Å²) < 4.78 is 16.2. The Morgan fingerprint density at radius 1 is 1.24 bits per heavy atom. The lowest BCUT2D eigenvalue weighted by atomic mass is 10.1. The molecule has 8 heteroatoms. The minimum atomic E-state index is -0.0167. The van der Waals surface area contributed by atoms with Crippen molar-refractivity contribution in [3.8, 4) is 17.7 Å². The molecule has 148 valence electrons. The fourth-order valence-electron chi connectivity index (χ4n) is 3.36. The first-order chi connectivity index (χ1) is 14.2. The molecule has 1 aliphatic heterocycles. The smallest absolute Gasteiger partial charge is 0.266 e. The van der Waals surface area contributed by atoms with Crippen LogP contribution in [0.4, 0.5) is 5.88 Å². The van der Waals surface area contributed by atoms with Gasteiger partial charge in [-0.15, -0.1) is 0 Å². The number of hydrogen-bond donors (Lipinski definition) is 0. The number of hydrogen-bond acceptors (Lipinski definition) is 7. The van der Waals surface area contributed by atoms with Crippen molar-refractivity contribution in [2.75, 3.05) is 38.2 Å².